The summed E-state index contributed by atoms with van der Waals surface area (Å²) in [6.45, 7) is 20.0. The molecule has 0 amide bonds. The molecular formula is C47H69B2ClO13S2. The molecule has 3 aliphatic heterocycles. The van der Waals surface area contributed by atoms with Gasteiger partial charge in [0.1, 0.15) is 29.8 Å². The predicted octanol–water partition coefficient (Wildman–Crippen LogP) is 8.84. The van der Waals surface area contributed by atoms with Crippen molar-refractivity contribution in [3.8, 4) is 23.0 Å². The highest BCUT2D eigenvalue weighted by Crippen LogP contribution is 2.37. The first-order valence-corrected chi connectivity index (χ1v) is 24.0. The van der Waals surface area contributed by atoms with Crippen LogP contribution in [0.4, 0.5) is 0 Å². The zero-order valence-electron chi connectivity index (χ0n) is 37.6. The fraction of sp³-hybridized carbons (Fsp3) is 0.489. The molecule has 65 heavy (non-hydrogen) atoms. The maximum Gasteiger partial charge on any atom is 0.495 e. The van der Waals surface area contributed by atoms with Crippen molar-refractivity contribution in [3.63, 3.8) is 0 Å². The van der Waals surface area contributed by atoms with E-state index in [0.717, 1.165) is 35.3 Å². The van der Waals surface area contributed by atoms with Crippen LogP contribution in [0.2, 0.25) is 0 Å². The molecule has 2 fully saturated rings. The fourth-order valence-corrected chi connectivity index (χ4v) is 8.38. The normalized spacial score (nSPS) is 15.9. The van der Waals surface area contributed by atoms with E-state index in [2.05, 4.69) is 0 Å². The maximum atomic E-state index is 12.4. The molecular weight excluding hydrogens is 894 g/mol. The smallest absolute Gasteiger partial charge is 0.457 e. The summed E-state index contributed by atoms with van der Waals surface area (Å²) in [5.41, 5.74) is 2.42. The minimum absolute atomic E-state index is 0. The molecule has 13 nitrogen and oxygen atoms in total. The Kier molecular flexibility index (Phi) is 22.2. The summed E-state index contributed by atoms with van der Waals surface area (Å²) in [5.74, 6) is 2.29. The Morgan fingerprint density at radius 1 is 0.662 bits per heavy atom. The summed E-state index contributed by atoms with van der Waals surface area (Å²) in [6, 6.07) is 23.7. The molecule has 0 spiro atoms. The van der Waals surface area contributed by atoms with Gasteiger partial charge in [0, 0.05) is 19.8 Å². The van der Waals surface area contributed by atoms with E-state index in [0.29, 0.717) is 42.8 Å². The third-order valence-corrected chi connectivity index (χ3v) is 15.2. The van der Waals surface area contributed by atoms with Gasteiger partial charge in [0.2, 0.25) is 0 Å². The molecule has 2 saturated heterocycles. The summed E-state index contributed by atoms with van der Waals surface area (Å²) in [5, 5.41) is 8.65. The predicted molar refractivity (Wildman–Crippen MR) is 261 cm³/mol. The topological polar surface area (TPSA) is 162 Å². The lowest BCUT2D eigenvalue weighted by Crippen LogP contribution is -2.41. The molecule has 1 N–H and O–H groups in total. The van der Waals surface area contributed by atoms with Crippen molar-refractivity contribution in [2.24, 2.45) is 0 Å². The van der Waals surface area contributed by atoms with Crippen LogP contribution in [0.1, 0.15) is 101 Å². The van der Waals surface area contributed by atoms with E-state index in [1.807, 2.05) is 58.9 Å². The second-order valence-corrected chi connectivity index (χ2v) is 21.6. The van der Waals surface area contributed by atoms with Gasteiger partial charge in [-0.3, -0.25) is 0 Å². The van der Waals surface area contributed by atoms with Crippen LogP contribution < -0.4 is 20.4 Å². The molecule has 4 aromatic rings. The van der Waals surface area contributed by atoms with Gasteiger partial charge in [0.25, 0.3) is 0 Å². The Morgan fingerprint density at radius 3 is 1.54 bits per heavy atom. The summed E-state index contributed by atoms with van der Waals surface area (Å²) < 4.78 is 94.2. The molecule has 3 aliphatic rings. The summed E-state index contributed by atoms with van der Waals surface area (Å²) in [4.78, 5) is 0.557. The number of ether oxygens (including phenoxy) is 5. The molecule has 4 aromatic carbocycles. The second-order valence-electron chi connectivity index (χ2n) is 16.6. The first-order valence-electron chi connectivity index (χ1n) is 20.9. The van der Waals surface area contributed by atoms with E-state index in [9.17, 15) is 21.9 Å². The minimum Gasteiger partial charge on any atom is -0.457 e. The minimum atomic E-state index is -3.33. The van der Waals surface area contributed by atoms with Crippen molar-refractivity contribution in [2.45, 2.75) is 135 Å². The Morgan fingerprint density at radius 2 is 1.11 bits per heavy atom. The van der Waals surface area contributed by atoms with Crippen molar-refractivity contribution < 1.29 is 59.5 Å². The van der Waals surface area contributed by atoms with Gasteiger partial charge >= 0.3 is 14.2 Å². The molecule has 0 atom stereocenters. The van der Waals surface area contributed by atoms with Crippen LogP contribution >= 0.6 is 12.4 Å². The highest BCUT2D eigenvalue weighted by Gasteiger charge is 2.52. The quantitative estimate of drug-likeness (QED) is 0.0726. The average molecular weight is 963 g/mol. The highest BCUT2D eigenvalue weighted by molar-refractivity contribution is 7.92. The van der Waals surface area contributed by atoms with Crippen molar-refractivity contribution >= 4 is 57.2 Å². The number of hydrogen-bond donors (Lipinski definition) is 1. The third-order valence-electron chi connectivity index (χ3n) is 10.9. The van der Waals surface area contributed by atoms with Gasteiger partial charge in [0.15, 0.2) is 19.7 Å². The molecule has 3 heterocycles. The summed E-state index contributed by atoms with van der Waals surface area (Å²) >= 11 is 0. The standard InChI is InChI=1S/C25H35BO7S.C16H17BO5S.C4H8O.2CH4.ClH/c1-8-29-17-30-16-19-15-21(11-14-23(19)26-32-24(4,5)25(6,7)33-26)31-20-9-12-22(13-10-20)34(27,28)18(2)3;1-11(2)23(19,20)15-6-3-13(4-7-15)22-14-5-8-16-12(9-14)10-21-17(16)18;1-2-4-5-3-1;;;/h9-15,18H,8,16-17H2,1-7H3;3-9,11,18H,10H2,1-2H3;1-4H2;2*1H4;1H. The van der Waals surface area contributed by atoms with Crippen LogP contribution in [-0.2, 0) is 61.1 Å². The lowest BCUT2D eigenvalue weighted by atomic mass is 9.76. The van der Waals surface area contributed by atoms with Crippen LogP contribution in [0.15, 0.2) is 94.7 Å². The van der Waals surface area contributed by atoms with Crippen molar-refractivity contribution in [1.82, 2.24) is 0 Å². The maximum absolute atomic E-state index is 12.4. The number of benzene rings is 4. The summed E-state index contributed by atoms with van der Waals surface area (Å²) in [6.07, 6.45) is 2.56. The van der Waals surface area contributed by atoms with E-state index in [4.69, 9.17) is 37.6 Å². The van der Waals surface area contributed by atoms with E-state index in [1.165, 1.54) is 12.8 Å². The lowest BCUT2D eigenvalue weighted by molar-refractivity contribution is -0.0570. The second kappa shape index (κ2) is 25.0. The Hall–Kier alpha value is -3.48. The highest BCUT2D eigenvalue weighted by atomic mass is 35.5. The van der Waals surface area contributed by atoms with Gasteiger partial charge < -0.3 is 42.7 Å². The molecule has 0 aliphatic carbocycles. The number of halogens is 1. The molecule has 7 rings (SSSR count). The molecule has 360 valence electrons. The fourth-order valence-electron chi connectivity index (χ4n) is 6.26. The van der Waals surface area contributed by atoms with Gasteiger partial charge in [-0.25, -0.2) is 16.8 Å². The van der Waals surface area contributed by atoms with Crippen molar-refractivity contribution in [2.75, 3.05) is 26.6 Å². The molecule has 0 bridgehead atoms. The van der Waals surface area contributed by atoms with Gasteiger partial charge in [-0.15, -0.1) is 12.4 Å². The SMILES string of the molecule is C.C.C1CCOC1.CC(C)S(=O)(=O)c1ccc(Oc2ccc3c(c2)COB3O)cc1.CCOCOCc1cc(Oc2ccc(S(=O)(=O)C(C)C)cc2)ccc1B1OC(C)(C)C(C)(C)O1.Cl. The summed E-state index contributed by atoms with van der Waals surface area (Å²) in [7, 11) is -8.03. The Bertz CT molecular complexity index is 2280. The first kappa shape index (κ1) is 57.6. The molecule has 0 aromatic heterocycles. The molecule has 18 heteroatoms. The molecule has 0 radical (unpaired) electrons. The monoisotopic (exact) mass is 962 g/mol. The Balaban J connectivity index is 0.000000405. The van der Waals surface area contributed by atoms with E-state index in [-0.39, 0.29) is 43.8 Å². The van der Waals surface area contributed by atoms with Crippen LogP contribution in [0.25, 0.3) is 0 Å². The van der Waals surface area contributed by atoms with Crippen LogP contribution in [0.3, 0.4) is 0 Å². The number of rotatable bonds is 14. The zero-order chi connectivity index (χ0) is 45.3. The van der Waals surface area contributed by atoms with Crippen LogP contribution in [-0.4, -0.2) is 84.4 Å². The number of hydrogen-bond acceptors (Lipinski definition) is 13. The number of sulfone groups is 2. The van der Waals surface area contributed by atoms with Crippen LogP contribution in [0.5, 0.6) is 23.0 Å². The van der Waals surface area contributed by atoms with Gasteiger partial charge in [-0.1, -0.05) is 27.0 Å². The van der Waals surface area contributed by atoms with E-state index < -0.39 is 55.6 Å². The largest absolute Gasteiger partial charge is 0.495 e. The Labute approximate surface area is 395 Å². The van der Waals surface area contributed by atoms with Crippen LogP contribution in [0, 0.1) is 0 Å². The number of fused-ring (bicyclic) bond motifs is 1. The van der Waals surface area contributed by atoms with E-state index >= 15 is 0 Å². The van der Waals surface area contributed by atoms with Crippen molar-refractivity contribution in [3.05, 3.63) is 96.1 Å². The van der Waals surface area contributed by atoms with Crippen molar-refractivity contribution in [1.29, 1.82) is 0 Å². The third kappa shape index (κ3) is 15.0. The lowest BCUT2D eigenvalue weighted by Gasteiger charge is -2.32. The zero-order valence-corrected chi connectivity index (χ0v) is 40.1. The van der Waals surface area contributed by atoms with Gasteiger partial charge in [-0.2, -0.15) is 0 Å². The molecule has 0 unspecified atom stereocenters. The van der Waals surface area contributed by atoms with Gasteiger partial charge in [0.05, 0.1) is 44.7 Å². The first-order chi connectivity index (χ1) is 29.2. The van der Waals surface area contributed by atoms with Gasteiger partial charge in [-0.05, 0) is 170 Å². The molecule has 0 saturated carbocycles. The average Bonchev–Trinajstić information content (AvgIpc) is 3.98. The van der Waals surface area contributed by atoms with E-state index in [1.54, 1.807) is 88.4 Å².